The maximum atomic E-state index is 11.6. The van der Waals surface area contributed by atoms with Crippen LogP contribution in [0, 0.1) is 0 Å². The maximum Gasteiger partial charge on any atom is 0.358 e. The van der Waals surface area contributed by atoms with E-state index in [1.807, 2.05) is 54.6 Å². The summed E-state index contributed by atoms with van der Waals surface area (Å²) in [5, 5.41) is 0. The predicted octanol–water partition coefficient (Wildman–Crippen LogP) is 3.70. The Morgan fingerprint density at radius 3 is 2.56 bits per heavy atom. The zero-order valence-corrected chi connectivity index (χ0v) is 13.8. The second-order valence-corrected chi connectivity index (χ2v) is 5.46. The molecule has 5 heteroatoms. The van der Waals surface area contributed by atoms with Gasteiger partial charge in [0.1, 0.15) is 12.4 Å². The maximum absolute atomic E-state index is 11.6. The lowest BCUT2D eigenvalue weighted by atomic mass is 10.1. The van der Waals surface area contributed by atoms with Crippen molar-refractivity contribution < 1.29 is 14.3 Å². The first-order chi connectivity index (χ1) is 12.2. The average Bonchev–Trinajstić information content (AvgIpc) is 2.67. The molecule has 0 radical (unpaired) electrons. The lowest BCUT2D eigenvalue weighted by molar-refractivity contribution is 0.0595. The minimum atomic E-state index is -0.552. The van der Waals surface area contributed by atoms with Gasteiger partial charge in [-0.1, -0.05) is 42.5 Å². The molecule has 1 heterocycles. The summed E-state index contributed by atoms with van der Waals surface area (Å²) in [6.45, 7) is 0.492. The SMILES string of the molecule is COC(=O)c1ncc(-c2cccc(OCc3ccccc3)c2)cc1N. The molecule has 5 nitrogen and oxygen atoms in total. The van der Waals surface area contributed by atoms with E-state index >= 15 is 0 Å². The van der Waals surface area contributed by atoms with Crippen LogP contribution in [0.5, 0.6) is 5.75 Å². The molecule has 0 saturated carbocycles. The van der Waals surface area contributed by atoms with E-state index < -0.39 is 5.97 Å². The van der Waals surface area contributed by atoms with E-state index in [4.69, 9.17) is 10.5 Å². The van der Waals surface area contributed by atoms with Gasteiger partial charge in [-0.3, -0.25) is 0 Å². The number of hydrogen-bond acceptors (Lipinski definition) is 5. The van der Waals surface area contributed by atoms with Gasteiger partial charge in [0.05, 0.1) is 12.8 Å². The van der Waals surface area contributed by atoms with Gasteiger partial charge in [0.25, 0.3) is 0 Å². The number of nitrogens with zero attached hydrogens (tertiary/aromatic N) is 1. The van der Waals surface area contributed by atoms with Gasteiger partial charge in [0, 0.05) is 11.8 Å². The first-order valence-electron chi connectivity index (χ1n) is 7.78. The summed E-state index contributed by atoms with van der Waals surface area (Å²) < 4.78 is 10.5. The zero-order chi connectivity index (χ0) is 17.6. The number of anilines is 1. The topological polar surface area (TPSA) is 74.4 Å². The van der Waals surface area contributed by atoms with Crippen LogP contribution in [0.4, 0.5) is 5.69 Å². The monoisotopic (exact) mass is 334 g/mol. The smallest absolute Gasteiger partial charge is 0.358 e. The summed E-state index contributed by atoms with van der Waals surface area (Å²) in [6.07, 6.45) is 1.60. The number of carbonyl (C=O) groups excluding carboxylic acids is 1. The van der Waals surface area contributed by atoms with Crippen molar-refractivity contribution in [2.24, 2.45) is 0 Å². The van der Waals surface area contributed by atoms with Crippen LogP contribution < -0.4 is 10.5 Å². The van der Waals surface area contributed by atoms with Gasteiger partial charge in [-0.15, -0.1) is 0 Å². The van der Waals surface area contributed by atoms with Crippen molar-refractivity contribution >= 4 is 11.7 Å². The van der Waals surface area contributed by atoms with E-state index in [9.17, 15) is 4.79 Å². The molecular weight excluding hydrogens is 316 g/mol. The number of benzene rings is 2. The molecule has 0 atom stereocenters. The van der Waals surface area contributed by atoms with Crippen LogP contribution in [0.15, 0.2) is 66.9 Å². The summed E-state index contributed by atoms with van der Waals surface area (Å²) in [4.78, 5) is 15.7. The Bertz CT molecular complexity index is 879. The number of rotatable bonds is 5. The third-order valence-electron chi connectivity index (χ3n) is 3.71. The third-order valence-corrected chi connectivity index (χ3v) is 3.71. The van der Waals surface area contributed by atoms with Gasteiger partial charge >= 0.3 is 5.97 Å². The molecule has 0 spiro atoms. The zero-order valence-electron chi connectivity index (χ0n) is 13.8. The van der Waals surface area contributed by atoms with Crippen molar-refractivity contribution in [2.75, 3.05) is 12.8 Å². The summed E-state index contributed by atoms with van der Waals surface area (Å²) in [6, 6.07) is 19.3. The molecule has 3 rings (SSSR count). The molecule has 0 bridgehead atoms. The lowest BCUT2D eigenvalue weighted by Crippen LogP contribution is -2.08. The van der Waals surface area contributed by atoms with Gasteiger partial charge in [-0.25, -0.2) is 9.78 Å². The highest BCUT2D eigenvalue weighted by molar-refractivity contribution is 5.93. The summed E-state index contributed by atoms with van der Waals surface area (Å²) >= 11 is 0. The van der Waals surface area contributed by atoms with E-state index in [2.05, 4.69) is 9.72 Å². The largest absolute Gasteiger partial charge is 0.489 e. The van der Waals surface area contributed by atoms with Crippen molar-refractivity contribution in [1.29, 1.82) is 0 Å². The number of nitrogens with two attached hydrogens (primary N) is 1. The number of aromatic nitrogens is 1. The van der Waals surface area contributed by atoms with Gasteiger partial charge < -0.3 is 15.2 Å². The normalized spacial score (nSPS) is 10.3. The Labute approximate surface area is 146 Å². The van der Waals surface area contributed by atoms with Crippen LogP contribution >= 0.6 is 0 Å². The molecule has 0 amide bonds. The molecule has 25 heavy (non-hydrogen) atoms. The van der Waals surface area contributed by atoms with Crippen molar-refractivity contribution in [3.05, 3.63) is 78.1 Å². The van der Waals surface area contributed by atoms with E-state index in [-0.39, 0.29) is 11.4 Å². The van der Waals surface area contributed by atoms with Gasteiger partial charge in [0.2, 0.25) is 0 Å². The fraction of sp³-hybridized carbons (Fsp3) is 0.100. The van der Waals surface area contributed by atoms with Crippen molar-refractivity contribution in [1.82, 2.24) is 4.98 Å². The van der Waals surface area contributed by atoms with E-state index in [0.717, 1.165) is 22.4 Å². The standard InChI is InChI=1S/C20H18N2O3/c1-24-20(23)19-18(21)11-16(12-22-19)15-8-5-9-17(10-15)25-13-14-6-3-2-4-7-14/h2-12H,13,21H2,1H3. The lowest BCUT2D eigenvalue weighted by Gasteiger charge is -2.09. The molecule has 126 valence electrons. The number of nitrogen functional groups attached to an aromatic ring is 1. The van der Waals surface area contributed by atoms with E-state index in [0.29, 0.717) is 6.61 Å². The molecule has 0 unspecified atom stereocenters. The number of hydrogen-bond donors (Lipinski definition) is 1. The van der Waals surface area contributed by atoms with Gasteiger partial charge in [-0.2, -0.15) is 0 Å². The van der Waals surface area contributed by atoms with Crippen molar-refractivity contribution in [3.8, 4) is 16.9 Å². The highest BCUT2D eigenvalue weighted by Crippen LogP contribution is 2.26. The molecule has 0 fully saturated rings. The predicted molar refractivity (Wildman–Crippen MR) is 96.2 cm³/mol. The second kappa shape index (κ2) is 7.49. The summed E-state index contributed by atoms with van der Waals surface area (Å²) in [5.41, 5.74) is 9.11. The average molecular weight is 334 g/mol. The number of ether oxygens (including phenoxy) is 2. The number of carbonyl (C=O) groups is 1. The summed E-state index contributed by atoms with van der Waals surface area (Å²) in [7, 11) is 1.30. The molecular formula is C20H18N2O3. The Morgan fingerprint density at radius 1 is 1.04 bits per heavy atom. The van der Waals surface area contributed by atoms with E-state index in [1.54, 1.807) is 12.3 Å². The highest BCUT2D eigenvalue weighted by Gasteiger charge is 2.13. The van der Waals surface area contributed by atoms with Crippen LogP contribution in [0.25, 0.3) is 11.1 Å². The molecule has 2 aromatic carbocycles. The molecule has 3 aromatic rings. The van der Waals surface area contributed by atoms with Crippen molar-refractivity contribution in [2.45, 2.75) is 6.61 Å². The Morgan fingerprint density at radius 2 is 1.84 bits per heavy atom. The summed E-state index contributed by atoms with van der Waals surface area (Å²) in [5.74, 6) is 0.195. The molecule has 2 N–H and O–H groups in total. The fourth-order valence-electron chi connectivity index (χ4n) is 2.41. The van der Waals surface area contributed by atoms with Crippen LogP contribution in [-0.2, 0) is 11.3 Å². The minimum absolute atomic E-state index is 0.114. The van der Waals surface area contributed by atoms with E-state index in [1.165, 1.54) is 7.11 Å². The molecule has 0 aliphatic heterocycles. The minimum Gasteiger partial charge on any atom is -0.489 e. The third kappa shape index (κ3) is 3.95. The van der Waals surface area contributed by atoms with Crippen LogP contribution in [0.2, 0.25) is 0 Å². The quantitative estimate of drug-likeness (QED) is 0.720. The first kappa shape index (κ1) is 16.5. The van der Waals surface area contributed by atoms with Crippen LogP contribution in [0.3, 0.4) is 0 Å². The number of pyridine rings is 1. The molecule has 1 aromatic heterocycles. The Balaban J connectivity index is 1.79. The highest BCUT2D eigenvalue weighted by atomic mass is 16.5. The molecule has 0 aliphatic carbocycles. The molecule has 0 aliphatic rings. The fourth-order valence-corrected chi connectivity index (χ4v) is 2.41. The van der Waals surface area contributed by atoms with Gasteiger partial charge in [0.15, 0.2) is 5.69 Å². The second-order valence-electron chi connectivity index (χ2n) is 5.46. The number of methoxy groups -OCH3 is 1. The first-order valence-corrected chi connectivity index (χ1v) is 7.78. The molecule has 0 saturated heterocycles. The van der Waals surface area contributed by atoms with Gasteiger partial charge in [-0.05, 0) is 29.3 Å². The van der Waals surface area contributed by atoms with Crippen molar-refractivity contribution in [3.63, 3.8) is 0 Å². The van der Waals surface area contributed by atoms with Crippen LogP contribution in [-0.4, -0.2) is 18.1 Å². The Hall–Kier alpha value is -3.34. The number of esters is 1. The Kier molecular flexibility index (Phi) is 4.95. The van der Waals surface area contributed by atoms with Crippen LogP contribution in [0.1, 0.15) is 16.1 Å².